The van der Waals surface area contributed by atoms with E-state index in [1.54, 1.807) is 30.3 Å². The fraction of sp³-hybridized carbons (Fsp3) is 0.643. The van der Waals surface area contributed by atoms with E-state index in [-0.39, 0.29) is 11.8 Å². The maximum atomic E-state index is 13.3. The summed E-state index contributed by atoms with van der Waals surface area (Å²) in [5, 5.41) is 0. The molecule has 3 aliphatic rings. The Kier molecular flexibility index (Phi) is 6.90. The first-order valence-corrected chi connectivity index (χ1v) is 12.7. The van der Waals surface area contributed by atoms with Crippen LogP contribution in [0.15, 0.2) is 30.3 Å². The van der Waals surface area contributed by atoms with E-state index in [1.165, 1.54) is 20.8 Å². The van der Waals surface area contributed by atoms with Crippen molar-refractivity contribution in [2.75, 3.05) is 0 Å². The smallest absolute Gasteiger partial charge is 0.338 e. The van der Waals surface area contributed by atoms with E-state index < -0.39 is 64.9 Å². The number of hydrogen-bond acceptors (Lipinski definition) is 9. The van der Waals surface area contributed by atoms with Gasteiger partial charge in [-0.15, -0.1) is 0 Å². The minimum atomic E-state index is -1.23. The lowest BCUT2D eigenvalue weighted by Gasteiger charge is -2.62. The van der Waals surface area contributed by atoms with Crippen LogP contribution in [0.3, 0.4) is 0 Å². The fourth-order valence-electron chi connectivity index (χ4n) is 7.12. The van der Waals surface area contributed by atoms with Crippen LogP contribution < -0.4 is 0 Å². The van der Waals surface area contributed by atoms with E-state index in [1.807, 2.05) is 27.7 Å². The van der Waals surface area contributed by atoms with Crippen molar-refractivity contribution in [3.05, 3.63) is 35.9 Å². The predicted octanol–water partition coefficient (Wildman–Crippen LogP) is 3.62. The van der Waals surface area contributed by atoms with Crippen LogP contribution in [-0.2, 0) is 38.1 Å². The third-order valence-electron chi connectivity index (χ3n) is 8.50. The summed E-state index contributed by atoms with van der Waals surface area (Å²) in [7, 11) is 0. The second kappa shape index (κ2) is 9.42. The molecule has 1 aromatic carbocycles. The van der Waals surface area contributed by atoms with E-state index in [0.717, 1.165) is 0 Å². The maximum absolute atomic E-state index is 13.3. The van der Waals surface area contributed by atoms with E-state index >= 15 is 0 Å². The number of esters is 4. The Morgan fingerprint density at radius 1 is 0.811 bits per heavy atom. The Morgan fingerprint density at radius 2 is 1.38 bits per heavy atom. The van der Waals surface area contributed by atoms with Crippen molar-refractivity contribution >= 4 is 23.9 Å². The first-order chi connectivity index (χ1) is 17.2. The molecule has 1 aliphatic heterocycles. The van der Waals surface area contributed by atoms with Crippen molar-refractivity contribution < 1.29 is 42.9 Å². The molecule has 0 N–H and O–H groups in total. The molecule has 37 heavy (non-hydrogen) atoms. The zero-order valence-electron chi connectivity index (χ0n) is 22.4. The highest BCUT2D eigenvalue weighted by atomic mass is 16.6. The van der Waals surface area contributed by atoms with Gasteiger partial charge in [0, 0.05) is 26.7 Å². The summed E-state index contributed by atoms with van der Waals surface area (Å²) in [6.45, 7) is 11.5. The Labute approximate surface area is 217 Å². The van der Waals surface area contributed by atoms with Crippen LogP contribution >= 0.6 is 0 Å². The highest BCUT2D eigenvalue weighted by molar-refractivity contribution is 5.89. The van der Waals surface area contributed by atoms with Gasteiger partial charge in [0.2, 0.25) is 0 Å². The SMILES string of the molecule is CC(=O)OC1CC(C)C23OC(C)(C)C(CC(OC(=O)c4ccccc4)C2(C)C1OC(C)=O)C3OC(C)=O. The van der Waals surface area contributed by atoms with Gasteiger partial charge >= 0.3 is 23.9 Å². The molecule has 4 rings (SSSR count). The molecule has 0 radical (unpaired) electrons. The lowest BCUT2D eigenvalue weighted by molar-refractivity contribution is -0.304. The van der Waals surface area contributed by atoms with Crippen molar-refractivity contribution in [2.45, 2.75) is 96.9 Å². The summed E-state index contributed by atoms with van der Waals surface area (Å²) in [5.41, 5.74) is -2.80. The predicted molar refractivity (Wildman–Crippen MR) is 130 cm³/mol. The minimum absolute atomic E-state index is 0.291. The third kappa shape index (κ3) is 4.31. The molecule has 9 nitrogen and oxygen atoms in total. The van der Waals surface area contributed by atoms with Crippen LogP contribution in [-0.4, -0.2) is 59.5 Å². The molecule has 8 unspecified atom stereocenters. The molecular weight excluding hydrogens is 480 g/mol. The molecule has 1 aromatic rings. The number of carbonyl (C=O) groups is 4. The van der Waals surface area contributed by atoms with Gasteiger partial charge in [0.05, 0.1) is 16.6 Å². The van der Waals surface area contributed by atoms with Gasteiger partial charge < -0.3 is 23.7 Å². The average Bonchev–Trinajstić information content (AvgIpc) is 2.97. The first-order valence-electron chi connectivity index (χ1n) is 12.7. The second-order valence-corrected chi connectivity index (χ2v) is 11.2. The number of rotatable bonds is 5. The summed E-state index contributed by atoms with van der Waals surface area (Å²) in [5.74, 6) is -2.72. The van der Waals surface area contributed by atoms with Crippen molar-refractivity contribution in [1.29, 1.82) is 0 Å². The van der Waals surface area contributed by atoms with Crippen molar-refractivity contribution in [3.63, 3.8) is 0 Å². The van der Waals surface area contributed by atoms with Crippen LogP contribution in [0.4, 0.5) is 0 Å². The molecule has 2 bridgehead atoms. The average molecular weight is 517 g/mol. The highest BCUT2D eigenvalue weighted by Crippen LogP contribution is 2.67. The molecule has 1 spiro atoms. The summed E-state index contributed by atoms with van der Waals surface area (Å²) < 4.78 is 30.6. The number of carbonyl (C=O) groups excluding carboxylic acids is 4. The topological polar surface area (TPSA) is 114 Å². The summed E-state index contributed by atoms with van der Waals surface area (Å²) in [4.78, 5) is 50.1. The lowest BCUT2D eigenvalue weighted by Crippen LogP contribution is -2.76. The van der Waals surface area contributed by atoms with E-state index in [2.05, 4.69) is 0 Å². The molecule has 0 amide bonds. The molecule has 1 heterocycles. The van der Waals surface area contributed by atoms with Gasteiger partial charge in [-0.25, -0.2) is 4.79 Å². The van der Waals surface area contributed by atoms with Crippen LogP contribution in [0, 0.1) is 17.3 Å². The number of hydrogen-bond donors (Lipinski definition) is 0. The van der Waals surface area contributed by atoms with E-state index in [9.17, 15) is 19.2 Å². The molecule has 0 aromatic heterocycles. The van der Waals surface area contributed by atoms with Crippen molar-refractivity contribution in [1.82, 2.24) is 0 Å². The van der Waals surface area contributed by atoms with Gasteiger partial charge in [0.1, 0.15) is 23.9 Å². The normalized spacial score (nSPS) is 37.6. The Bertz CT molecular complexity index is 1080. The maximum Gasteiger partial charge on any atom is 0.338 e. The first kappa shape index (κ1) is 27.1. The van der Waals surface area contributed by atoms with Gasteiger partial charge in [-0.3, -0.25) is 14.4 Å². The lowest BCUT2D eigenvalue weighted by atomic mass is 9.48. The zero-order valence-corrected chi connectivity index (χ0v) is 22.4. The summed E-state index contributed by atoms with van der Waals surface area (Å²) in [6, 6.07) is 8.61. The highest BCUT2D eigenvalue weighted by Gasteiger charge is 2.80. The fourth-order valence-corrected chi connectivity index (χ4v) is 7.12. The standard InChI is InChI=1S/C28H36O9/c1-15-13-21(33-16(2)29)24(35-18(4)31)27(7)22(36-25(32)19-11-9-8-10-12-19)14-20-23(34-17(3)30)28(15,27)37-26(20,5)6/h8-12,15,20-24H,13-14H2,1-7H3. The number of ether oxygens (including phenoxy) is 5. The van der Waals surface area contributed by atoms with Crippen LogP contribution in [0.25, 0.3) is 0 Å². The molecule has 9 heteroatoms. The number of fused-ring (bicyclic) bond motifs is 1. The molecule has 2 saturated carbocycles. The van der Waals surface area contributed by atoms with E-state index in [0.29, 0.717) is 18.4 Å². The second-order valence-electron chi connectivity index (χ2n) is 11.2. The molecular formula is C28H36O9. The van der Waals surface area contributed by atoms with Gasteiger partial charge in [-0.05, 0) is 51.7 Å². The Morgan fingerprint density at radius 3 is 1.95 bits per heavy atom. The third-order valence-corrected chi connectivity index (χ3v) is 8.50. The van der Waals surface area contributed by atoms with Gasteiger partial charge in [-0.2, -0.15) is 0 Å². The van der Waals surface area contributed by atoms with Gasteiger partial charge in [0.25, 0.3) is 0 Å². The van der Waals surface area contributed by atoms with Crippen molar-refractivity contribution in [2.24, 2.45) is 17.3 Å². The zero-order chi connectivity index (χ0) is 27.3. The molecule has 1 saturated heterocycles. The molecule has 3 fully saturated rings. The monoisotopic (exact) mass is 516 g/mol. The Hall–Kier alpha value is -2.94. The molecule has 8 atom stereocenters. The van der Waals surface area contributed by atoms with E-state index in [4.69, 9.17) is 23.7 Å². The van der Waals surface area contributed by atoms with Crippen LogP contribution in [0.1, 0.15) is 71.7 Å². The summed E-state index contributed by atoms with van der Waals surface area (Å²) >= 11 is 0. The quantitative estimate of drug-likeness (QED) is 0.427. The van der Waals surface area contributed by atoms with Gasteiger partial charge in [0.15, 0.2) is 6.10 Å². The van der Waals surface area contributed by atoms with Crippen LogP contribution in [0.5, 0.6) is 0 Å². The van der Waals surface area contributed by atoms with Gasteiger partial charge in [-0.1, -0.05) is 25.1 Å². The minimum Gasteiger partial charge on any atom is -0.459 e. The largest absolute Gasteiger partial charge is 0.459 e. The Balaban J connectivity index is 1.90. The van der Waals surface area contributed by atoms with Crippen molar-refractivity contribution in [3.8, 4) is 0 Å². The molecule has 2 aliphatic carbocycles. The summed E-state index contributed by atoms with van der Waals surface area (Å²) in [6.07, 6.45) is -2.74. The van der Waals surface area contributed by atoms with Crippen LogP contribution in [0.2, 0.25) is 0 Å². The number of benzene rings is 1. The molecule has 202 valence electrons.